The molecule has 1 rings (SSSR count). The van der Waals surface area contributed by atoms with E-state index in [0.29, 0.717) is 5.92 Å². The van der Waals surface area contributed by atoms with Crippen LogP contribution in [0.25, 0.3) is 0 Å². The molecular formula is C13H22N2O. The van der Waals surface area contributed by atoms with Crippen LogP contribution in [0.5, 0.6) is 5.88 Å². The summed E-state index contributed by atoms with van der Waals surface area (Å²) in [4.78, 5) is 4.27. The molecule has 1 aromatic rings. The average molecular weight is 222 g/mol. The maximum atomic E-state index is 5.54. The number of nitrogens with one attached hydrogen (secondary N) is 1. The summed E-state index contributed by atoms with van der Waals surface area (Å²) >= 11 is 0. The maximum Gasteiger partial charge on any atom is 0.213 e. The van der Waals surface area contributed by atoms with E-state index in [1.807, 2.05) is 12.3 Å². The lowest BCUT2D eigenvalue weighted by Gasteiger charge is -2.07. The van der Waals surface area contributed by atoms with Crippen LogP contribution < -0.4 is 10.1 Å². The van der Waals surface area contributed by atoms with Gasteiger partial charge in [0.15, 0.2) is 0 Å². The first-order valence-corrected chi connectivity index (χ1v) is 6.00. The Morgan fingerprint density at radius 1 is 1.38 bits per heavy atom. The van der Waals surface area contributed by atoms with Crippen molar-refractivity contribution < 1.29 is 4.74 Å². The van der Waals surface area contributed by atoms with Crippen LogP contribution in [-0.4, -0.2) is 18.1 Å². The van der Waals surface area contributed by atoms with Crippen molar-refractivity contribution in [2.24, 2.45) is 5.92 Å². The molecule has 0 fully saturated rings. The number of hydrogen-bond donors (Lipinski definition) is 1. The molecule has 0 saturated heterocycles. The molecule has 0 bridgehead atoms. The zero-order chi connectivity index (χ0) is 11.8. The van der Waals surface area contributed by atoms with Gasteiger partial charge >= 0.3 is 0 Å². The molecule has 0 aliphatic heterocycles. The molecule has 1 aromatic heterocycles. The van der Waals surface area contributed by atoms with Crippen molar-refractivity contribution in [2.45, 2.75) is 33.7 Å². The first-order chi connectivity index (χ1) is 7.72. The summed E-state index contributed by atoms with van der Waals surface area (Å²) in [6.45, 7) is 9.07. The summed E-state index contributed by atoms with van der Waals surface area (Å²) in [5.41, 5.74) is 1.19. The van der Waals surface area contributed by atoms with Crippen molar-refractivity contribution in [3.05, 3.63) is 23.9 Å². The molecule has 0 atom stereocenters. The molecule has 1 N–H and O–H groups in total. The zero-order valence-electron chi connectivity index (χ0n) is 10.5. The fourth-order valence-electron chi connectivity index (χ4n) is 1.27. The number of nitrogens with zero attached hydrogens (tertiary/aromatic N) is 1. The quantitative estimate of drug-likeness (QED) is 0.770. The van der Waals surface area contributed by atoms with E-state index in [-0.39, 0.29) is 0 Å². The van der Waals surface area contributed by atoms with Crippen LogP contribution in [-0.2, 0) is 6.54 Å². The van der Waals surface area contributed by atoms with Crippen LogP contribution in [0, 0.1) is 5.92 Å². The highest BCUT2D eigenvalue weighted by molar-refractivity contribution is 5.17. The van der Waals surface area contributed by atoms with Gasteiger partial charge in [-0.25, -0.2) is 4.98 Å². The summed E-state index contributed by atoms with van der Waals surface area (Å²) < 4.78 is 5.54. The van der Waals surface area contributed by atoms with E-state index in [0.717, 1.165) is 32.0 Å². The first kappa shape index (κ1) is 13.0. The van der Waals surface area contributed by atoms with Crippen LogP contribution in [0.4, 0.5) is 0 Å². The third-order valence-electron chi connectivity index (χ3n) is 2.32. The molecule has 0 amide bonds. The standard InChI is InChI=1S/C13H22N2O/c1-4-14-9-12-5-6-13(15-10-12)16-8-7-11(2)3/h5-6,10-11,14H,4,7-9H2,1-3H3. The van der Waals surface area contributed by atoms with E-state index in [9.17, 15) is 0 Å². The van der Waals surface area contributed by atoms with Crippen molar-refractivity contribution in [1.29, 1.82) is 0 Å². The van der Waals surface area contributed by atoms with Gasteiger partial charge in [-0.05, 0) is 24.4 Å². The van der Waals surface area contributed by atoms with Crippen LogP contribution in [0.3, 0.4) is 0 Å². The third-order valence-corrected chi connectivity index (χ3v) is 2.32. The van der Waals surface area contributed by atoms with Gasteiger partial charge in [-0.2, -0.15) is 0 Å². The minimum Gasteiger partial charge on any atom is -0.478 e. The highest BCUT2D eigenvalue weighted by atomic mass is 16.5. The van der Waals surface area contributed by atoms with Gasteiger partial charge in [0.05, 0.1) is 6.61 Å². The Hall–Kier alpha value is -1.09. The minimum atomic E-state index is 0.674. The number of pyridine rings is 1. The van der Waals surface area contributed by atoms with Crippen molar-refractivity contribution in [3.8, 4) is 5.88 Å². The van der Waals surface area contributed by atoms with Crippen LogP contribution >= 0.6 is 0 Å². The Morgan fingerprint density at radius 2 is 2.19 bits per heavy atom. The smallest absolute Gasteiger partial charge is 0.213 e. The molecule has 0 aliphatic rings. The number of ether oxygens (including phenoxy) is 1. The van der Waals surface area contributed by atoms with Crippen LogP contribution in [0.2, 0.25) is 0 Å². The van der Waals surface area contributed by atoms with Crippen molar-refractivity contribution in [3.63, 3.8) is 0 Å². The molecule has 0 radical (unpaired) electrons. The second-order valence-electron chi connectivity index (χ2n) is 4.32. The van der Waals surface area contributed by atoms with Gasteiger partial charge in [-0.3, -0.25) is 0 Å². The molecule has 16 heavy (non-hydrogen) atoms. The lowest BCUT2D eigenvalue weighted by molar-refractivity contribution is 0.279. The Balaban J connectivity index is 2.33. The van der Waals surface area contributed by atoms with E-state index in [4.69, 9.17) is 4.74 Å². The molecule has 0 saturated carbocycles. The van der Waals surface area contributed by atoms with E-state index in [1.54, 1.807) is 0 Å². The van der Waals surface area contributed by atoms with E-state index >= 15 is 0 Å². The zero-order valence-corrected chi connectivity index (χ0v) is 10.5. The molecule has 90 valence electrons. The number of aromatic nitrogens is 1. The monoisotopic (exact) mass is 222 g/mol. The lowest BCUT2D eigenvalue weighted by Crippen LogP contribution is -2.11. The molecule has 0 unspecified atom stereocenters. The highest BCUT2D eigenvalue weighted by Crippen LogP contribution is 2.09. The minimum absolute atomic E-state index is 0.674. The summed E-state index contributed by atoms with van der Waals surface area (Å²) in [5, 5.41) is 3.26. The summed E-state index contributed by atoms with van der Waals surface area (Å²) in [6, 6.07) is 3.99. The predicted octanol–water partition coefficient (Wildman–Crippen LogP) is 2.62. The SMILES string of the molecule is CCNCc1ccc(OCCC(C)C)nc1. The van der Waals surface area contributed by atoms with Crippen LogP contribution in [0.1, 0.15) is 32.8 Å². The Kier molecular flexibility index (Phi) is 5.86. The average Bonchev–Trinajstić information content (AvgIpc) is 2.27. The van der Waals surface area contributed by atoms with Crippen molar-refractivity contribution >= 4 is 0 Å². The predicted molar refractivity (Wildman–Crippen MR) is 66.6 cm³/mol. The maximum absolute atomic E-state index is 5.54. The fraction of sp³-hybridized carbons (Fsp3) is 0.615. The Morgan fingerprint density at radius 3 is 2.75 bits per heavy atom. The third kappa shape index (κ3) is 5.12. The molecule has 0 aliphatic carbocycles. The Labute approximate surface area is 98.2 Å². The van der Waals surface area contributed by atoms with Gasteiger partial charge < -0.3 is 10.1 Å². The van der Waals surface area contributed by atoms with Gasteiger partial charge in [-0.15, -0.1) is 0 Å². The molecule has 3 heteroatoms. The highest BCUT2D eigenvalue weighted by Gasteiger charge is 1.98. The van der Waals surface area contributed by atoms with Crippen molar-refractivity contribution in [2.75, 3.05) is 13.2 Å². The fourth-order valence-corrected chi connectivity index (χ4v) is 1.27. The summed E-state index contributed by atoms with van der Waals surface area (Å²) in [7, 11) is 0. The largest absolute Gasteiger partial charge is 0.478 e. The normalized spacial score (nSPS) is 10.8. The van der Waals surface area contributed by atoms with Gasteiger partial charge in [0.1, 0.15) is 0 Å². The van der Waals surface area contributed by atoms with Crippen LogP contribution in [0.15, 0.2) is 18.3 Å². The number of rotatable bonds is 7. The molecule has 1 heterocycles. The van der Waals surface area contributed by atoms with E-state index < -0.39 is 0 Å². The topological polar surface area (TPSA) is 34.1 Å². The van der Waals surface area contributed by atoms with Gasteiger partial charge in [0.25, 0.3) is 0 Å². The van der Waals surface area contributed by atoms with Crippen molar-refractivity contribution in [1.82, 2.24) is 10.3 Å². The molecule has 3 nitrogen and oxygen atoms in total. The lowest BCUT2D eigenvalue weighted by atomic mass is 10.1. The van der Waals surface area contributed by atoms with Gasteiger partial charge in [0, 0.05) is 18.8 Å². The van der Waals surface area contributed by atoms with E-state index in [1.165, 1.54) is 5.56 Å². The molecule has 0 aromatic carbocycles. The van der Waals surface area contributed by atoms with E-state index in [2.05, 4.69) is 37.1 Å². The summed E-state index contributed by atoms with van der Waals surface area (Å²) in [5.74, 6) is 1.40. The van der Waals surface area contributed by atoms with Gasteiger partial charge in [-0.1, -0.05) is 26.8 Å². The summed E-state index contributed by atoms with van der Waals surface area (Å²) in [6.07, 6.45) is 2.94. The second-order valence-corrected chi connectivity index (χ2v) is 4.32. The Bertz CT molecular complexity index is 282. The number of hydrogen-bond acceptors (Lipinski definition) is 3. The molecular weight excluding hydrogens is 200 g/mol. The molecule has 0 spiro atoms. The second kappa shape index (κ2) is 7.23. The first-order valence-electron chi connectivity index (χ1n) is 6.00. The van der Waals surface area contributed by atoms with Gasteiger partial charge in [0.2, 0.25) is 5.88 Å².